The van der Waals surface area contributed by atoms with Crippen LogP contribution in [-0.2, 0) is 14.3 Å². The molecule has 0 aromatic heterocycles. The second-order valence-electron chi connectivity index (χ2n) is 4.82. The number of allylic oxidation sites excluding steroid dienone is 1. The Morgan fingerprint density at radius 3 is 3.00 bits per heavy atom. The molecule has 3 aliphatic rings. The first-order valence-corrected chi connectivity index (χ1v) is 7.41. The average Bonchev–Trinajstić information content (AvgIpc) is 2.88. The molecular formula is C13H15NO4S. The van der Waals surface area contributed by atoms with Crippen molar-refractivity contribution in [3.8, 4) is 0 Å². The van der Waals surface area contributed by atoms with Crippen molar-refractivity contribution in [1.82, 2.24) is 4.90 Å². The SMILES string of the molecule is O=C(O)C1=C(/C=C/C2CCCO2)CS[C@H]2CC(=O)N12. The van der Waals surface area contributed by atoms with Gasteiger partial charge in [0.15, 0.2) is 0 Å². The molecular weight excluding hydrogens is 266 g/mol. The smallest absolute Gasteiger partial charge is 0.352 e. The Labute approximate surface area is 115 Å². The molecule has 0 spiro atoms. The summed E-state index contributed by atoms with van der Waals surface area (Å²) in [5.74, 6) is -0.484. The van der Waals surface area contributed by atoms with E-state index in [0.717, 1.165) is 19.4 Å². The summed E-state index contributed by atoms with van der Waals surface area (Å²) in [4.78, 5) is 24.3. The summed E-state index contributed by atoms with van der Waals surface area (Å²) in [5.41, 5.74) is 0.853. The van der Waals surface area contributed by atoms with Gasteiger partial charge in [-0.15, -0.1) is 11.8 Å². The fraction of sp³-hybridized carbons (Fsp3) is 0.538. The molecule has 0 aliphatic carbocycles. The molecule has 5 nitrogen and oxygen atoms in total. The highest BCUT2D eigenvalue weighted by molar-refractivity contribution is 8.00. The molecule has 0 bridgehead atoms. The molecule has 2 fully saturated rings. The highest BCUT2D eigenvalue weighted by Crippen LogP contribution is 2.40. The van der Waals surface area contributed by atoms with Crippen LogP contribution in [0.15, 0.2) is 23.4 Å². The molecule has 2 atom stereocenters. The van der Waals surface area contributed by atoms with Gasteiger partial charge >= 0.3 is 5.97 Å². The normalized spacial score (nSPS) is 30.7. The van der Waals surface area contributed by atoms with Crippen LogP contribution in [0.4, 0.5) is 0 Å². The molecule has 0 radical (unpaired) electrons. The molecule has 3 heterocycles. The van der Waals surface area contributed by atoms with Crippen LogP contribution in [0.5, 0.6) is 0 Å². The Kier molecular flexibility index (Phi) is 3.36. The van der Waals surface area contributed by atoms with Crippen LogP contribution in [-0.4, -0.2) is 45.7 Å². The van der Waals surface area contributed by atoms with Gasteiger partial charge in [-0.3, -0.25) is 9.69 Å². The first-order valence-electron chi connectivity index (χ1n) is 6.36. The van der Waals surface area contributed by atoms with E-state index in [9.17, 15) is 14.7 Å². The van der Waals surface area contributed by atoms with Crippen molar-refractivity contribution in [2.24, 2.45) is 0 Å². The third kappa shape index (κ3) is 2.30. The third-order valence-electron chi connectivity index (χ3n) is 3.56. The fourth-order valence-electron chi connectivity index (χ4n) is 2.54. The first-order chi connectivity index (χ1) is 9.16. The molecule has 0 saturated carbocycles. The Balaban J connectivity index is 1.84. The molecule has 6 heteroatoms. The minimum absolute atomic E-state index is 0.0125. The third-order valence-corrected chi connectivity index (χ3v) is 4.80. The van der Waals surface area contributed by atoms with Crippen molar-refractivity contribution >= 4 is 23.6 Å². The summed E-state index contributed by atoms with van der Waals surface area (Å²) in [6.07, 6.45) is 6.28. The summed E-state index contributed by atoms with van der Waals surface area (Å²) in [6.45, 7) is 0.765. The highest BCUT2D eigenvalue weighted by atomic mass is 32.2. The Morgan fingerprint density at radius 2 is 2.37 bits per heavy atom. The molecule has 3 rings (SSSR count). The number of thioether (sulfide) groups is 1. The van der Waals surface area contributed by atoms with E-state index in [1.54, 1.807) is 11.8 Å². The lowest BCUT2D eigenvalue weighted by molar-refractivity contribution is -0.146. The summed E-state index contributed by atoms with van der Waals surface area (Å²) in [7, 11) is 0. The van der Waals surface area contributed by atoms with Crippen LogP contribution >= 0.6 is 11.8 Å². The molecule has 1 amide bonds. The number of aliphatic carboxylic acids is 1. The molecule has 19 heavy (non-hydrogen) atoms. The number of carboxylic acid groups (broad SMARTS) is 1. The lowest BCUT2D eigenvalue weighted by Gasteiger charge is -2.43. The van der Waals surface area contributed by atoms with E-state index < -0.39 is 5.97 Å². The van der Waals surface area contributed by atoms with Crippen LogP contribution in [0, 0.1) is 0 Å². The predicted octanol–water partition coefficient (Wildman–Crippen LogP) is 1.37. The number of hydrogen-bond donors (Lipinski definition) is 1. The van der Waals surface area contributed by atoms with Gasteiger partial charge in [-0.05, 0) is 18.4 Å². The number of fused-ring (bicyclic) bond motifs is 1. The maximum atomic E-state index is 11.6. The van der Waals surface area contributed by atoms with Crippen molar-refractivity contribution in [3.63, 3.8) is 0 Å². The quantitative estimate of drug-likeness (QED) is 0.791. The molecule has 102 valence electrons. The fourth-order valence-corrected chi connectivity index (χ4v) is 3.78. The number of carbonyl (C=O) groups is 2. The molecule has 1 N–H and O–H groups in total. The van der Waals surface area contributed by atoms with Crippen molar-refractivity contribution in [3.05, 3.63) is 23.4 Å². The second kappa shape index (κ2) is 5.02. The zero-order valence-corrected chi connectivity index (χ0v) is 11.2. The minimum atomic E-state index is -1.02. The standard InChI is InChI=1S/C13H15NO4S/c15-10-6-11-14(10)12(13(16)17)8(7-19-11)3-4-9-2-1-5-18-9/h3-4,9,11H,1-2,5-7H2,(H,16,17)/b4-3+/t9?,11-/m0/s1. The van der Waals surface area contributed by atoms with Gasteiger partial charge in [0.05, 0.1) is 17.9 Å². The lowest BCUT2D eigenvalue weighted by Crippen LogP contribution is -2.53. The minimum Gasteiger partial charge on any atom is -0.477 e. The second-order valence-corrected chi connectivity index (χ2v) is 5.99. The molecule has 0 aromatic carbocycles. The molecule has 0 aromatic rings. The summed E-state index contributed by atoms with van der Waals surface area (Å²) < 4.78 is 5.48. The maximum absolute atomic E-state index is 11.6. The van der Waals surface area contributed by atoms with E-state index in [1.165, 1.54) is 4.90 Å². The van der Waals surface area contributed by atoms with Gasteiger partial charge in [0, 0.05) is 12.4 Å². The van der Waals surface area contributed by atoms with Crippen LogP contribution in [0.3, 0.4) is 0 Å². The lowest BCUT2D eigenvalue weighted by atomic mass is 10.1. The average molecular weight is 281 g/mol. The van der Waals surface area contributed by atoms with Gasteiger partial charge in [0.2, 0.25) is 5.91 Å². The van der Waals surface area contributed by atoms with Crippen LogP contribution < -0.4 is 0 Å². The number of amides is 1. The number of carboxylic acids is 1. The van der Waals surface area contributed by atoms with E-state index >= 15 is 0 Å². The zero-order chi connectivity index (χ0) is 13.4. The van der Waals surface area contributed by atoms with Crippen molar-refractivity contribution in [1.29, 1.82) is 0 Å². The largest absolute Gasteiger partial charge is 0.477 e. The van der Waals surface area contributed by atoms with E-state index in [0.29, 0.717) is 17.7 Å². The van der Waals surface area contributed by atoms with Crippen LogP contribution in [0.25, 0.3) is 0 Å². The number of rotatable bonds is 3. The van der Waals surface area contributed by atoms with E-state index in [4.69, 9.17) is 4.74 Å². The van der Waals surface area contributed by atoms with E-state index in [1.807, 2.05) is 12.2 Å². The summed E-state index contributed by atoms with van der Waals surface area (Å²) >= 11 is 1.62. The van der Waals surface area contributed by atoms with Gasteiger partial charge in [-0.1, -0.05) is 12.2 Å². The molecule has 2 saturated heterocycles. The Bertz CT molecular complexity index is 479. The zero-order valence-electron chi connectivity index (χ0n) is 10.4. The number of β-lactam (4-membered cyclic amide) rings is 1. The molecule has 1 unspecified atom stereocenters. The van der Waals surface area contributed by atoms with Crippen LogP contribution in [0.1, 0.15) is 19.3 Å². The van der Waals surface area contributed by atoms with E-state index in [-0.39, 0.29) is 23.1 Å². The number of carbonyl (C=O) groups excluding carboxylic acids is 1. The molecule has 3 aliphatic heterocycles. The van der Waals surface area contributed by atoms with Gasteiger partial charge in [0.1, 0.15) is 5.70 Å². The Morgan fingerprint density at radius 1 is 1.53 bits per heavy atom. The topological polar surface area (TPSA) is 66.8 Å². The maximum Gasteiger partial charge on any atom is 0.352 e. The monoisotopic (exact) mass is 281 g/mol. The van der Waals surface area contributed by atoms with Crippen molar-refractivity contribution in [2.75, 3.05) is 12.4 Å². The highest BCUT2D eigenvalue weighted by Gasteiger charge is 2.44. The Hall–Kier alpha value is -1.27. The number of hydrogen-bond acceptors (Lipinski definition) is 4. The first kappa shape index (κ1) is 12.7. The number of ether oxygens (including phenoxy) is 1. The predicted molar refractivity (Wildman–Crippen MR) is 70.5 cm³/mol. The van der Waals surface area contributed by atoms with Crippen molar-refractivity contribution < 1.29 is 19.4 Å². The van der Waals surface area contributed by atoms with Crippen LogP contribution in [0.2, 0.25) is 0 Å². The van der Waals surface area contributed by atoms with Gasteiger partial charge in [0.25, 0.3) is 0 Å². The summed E-state index contributed by atoms with van der Waals surface area (Å²) in [6, 6.07) is 0. The summed E-state index contributed by atoms with van der Waals surface area (Å²) in [5, 5.41) is 9.33. The van der Waals surface area contributed by atoms with Gasteiger partial charge in [-0.2, -0.15) is 0 Å². The van der Waals surface area contributed by atoms with E-state index in [2.05, 4.69) is 0 Å². The van der Waals surface area contributed by atoms with Gasteiger partial charge in [-0.25, -0.2) is 4.79 Å². The van der Waals surface area contributed by atoms with Gasteiger partial charge < -0.3 is 9.84 Å². The number of nitrogens with zero attached hydrogens (tertiary/aromatic N) is 1. The van der Waals surface area contributed by atoms with Crippen molar-refractivity contribution in [2.45, 2.75) is 30.7 Å².